The number of hydrogen-bond acceptors (Lipinski definition) is 5. The van der Waals surface area contributed by atoms with Gasteiger partial charge in [-0.3, -0.25) is 9.56 Å². The number of hydrogen-bond donors (Lipinski definition) is 3. The molecular formula is C37H57N4O4P. The maximum Gasteiger partial charge on any atom is 0.318 e. The molecule has 0 radical (unpaired) electrons. The van der Waals surface area contributed by atoms with Gasteiger partial charge in [-0.15, -0.1) is 0 Å². The monoisotopic (exact) mass is 652 g/mol. The average molecular weight is 653 g/mol. The quantitative estimate of drug-likeness (QED) is 0.0739. The van der Waals surface area contributed by atoms with Crippen LogP contribution >= 0.6 is 7.37 Å². The van der Waals surface area contributed by atoms with Crippen LogP contribution in [0.5, 0.6) is 0 Å². The number of benzene rings is 2. The molecule has 0 fully saturated rings. The molecule has 46 heavy (non-hydrogen) atoms. The van der Waals surface area contributed by atoms with Crippen LogP contribution < -0.4 is 20.9 Å². The van der Waals surface area contributed by atoms with Crippen molar-refractivity contribution in [1.29, 1.82) is 0 Å². The summed E-state index contributed by atoms with van der Waals surface area (Å²) in [6, 6.07) is 12.6. The summed E-state index contributed by atoms with van der Waals surface area (Å²) in [5.74, 6) is 0.896. The van der Waals surface area contributed by atoms with E-state index in [-0.39, 0.29) is 6.03 Å². The Kier molecular flexibility index (Phi) is 19.3. The molecule has 3 N–H and O–H groups in total. The predicted octanol–water partition coefficient (Wildman–Crippen LogP) is 9.20. The molecule has 0 saturated carbocycles. The number of urea groups is 1. The predicted molar refractivity (Wildman–Crippen MR) is 198 cm³/mol. The lowest BCUT2D eigenvalue weighted by atomic mass is 9.93. The number of nitrogens with one attached hydrogen (secondary N) is 2. The van der Waals surface area contributed by atoms with E-state index in [9.17, 15) is 9.36 Å². The number of allylic oxidation sites excluding steroid dienone is 4. The van der Waals surface area contributed by atoms with Crippen molar-refractivity contribution in [3.63, 3.8) is 0 Å². The van der Waals surface area contributed by atoms with Gasteiger partial charge in [-0.1, -0.05) is 45.9 Å². The Labute approximate surface area is 277 Å². The third-order valence-corrected chi connectivity index (χ3v) is 7.94. The third kappa shape index (κ3) is 14.2. The van der Waals surface area contributed by atoms with E-state index in [1.165, 1.54) is 41.5 Å². The number of fused-ring (bicyclic) bond motifs is 2. The van der Waals surface area contributed by atoms with Crippen LogP contribution in [0.1, 0.15) is 79.7 Å². The summed E-state index contributed by atoms with van der Waals surface area (Å²) in [4.78, 5) is 27.0. The summed E-state index contributed by atoms with van der Waals surface area (Å²) in [5.41, 5.74) is 5.84. The molecular weight excluding hydrogens is 595 g/mol. The molecule has 8 nitrogen and oxygen atoms in total. The van der Waals surface area contributed by atoms with Crippen LogP contribution in [0.3, 0.4) is 0 Å². The fourth-order valence-corrected chi connectivity index (χ4v) is 5.55. The molecule has 1 aliphatic heterocycles. The zero-order valence-electron chi connectivity index (χ0n) is 29.4. The van der Waals surface area contributed by atoms with Gasteiger partial charge in [0.05, 0.1) is 5.36 Å². The van der Waals surface area contributed by atoms with Crippen molar-refractivity contribution < 1.29 is 18.7 Å². The summed E-state index contributed by atoms with van der Waals surface area (Å²) >= 11 is 0. The van der Waals surface area contributed by atoms with Gasteiger partial charge in [0.15, 0.2) is 7.37 Å². The van der Waals surface area contributed by atoms with Crippen molar-refractivity contribution in [3.8, 4) is 11.3 Å². The maximum absolute atomic E-state index is 11.1. The summed E-state index contributed by atoms with van der Waals surface area (Å²) < 4.78 is 17.3. The Bertz CT molecular complexity index is 1500. The molecule has 0 spiro atoms. The Hall–Kier alpha value is -3.61. The molecule has 1 aliphatic carbocycles. The fraction of sp³-hybridized carbons (Fsp3) is 0.459. The standard InChI is InChI=1S/C24H30N2O.C10H19N2O3P.C3H8/c1-6-10-17(5)24-20-13-11-18(25-7-2)15-22(20)27-23-16-19(12-14-21(23)24)26(8-3)9-4;1-3-4-7-11-10(13)12-8-5-6-9-16(2,14)15;1-3-2/h10-16H,6-9H2,1-5H3;3-4,7H,1,5-6,8-9H2,2H3,(H,14,15)(H2,11,12,13);3H2,1-2H3/b;7-4+;. The first-order valence-corrected chi connectivity index (χ1v) is 18.8. The highest BCUT2D eigenvalue weighted by Crippen LogP contribution is 2.38. The zero-order chi connectivity index (χ0) is 34.5. The van der Waals surface area contributed by atoms with Gasteiger partial charge in [0.1, 0.15) is 11.3 Å². The minimum Gasteiger partial charge on any atom is -0.456 e. The van der Waals surface area contributed by atoms with Gasteiger partial charge in [-0.05, 0) is 88.4 Å². The van der Waals surface area contributed by atoms with Crippen LogP contribution in [0.25, 0.3) is 27.9 Å². The summed E-state index contributed by atoms with van der Waals surface area (Å²) in [5, 5.41) is 7.24. The molecule has 2 amide bonds. The highest BCUT2D eigenvalue weighted by atomic mass is 31.2. The molecule has 3 rings (SSSR count). The second-order valence-corrected chi connectivity index (χ2v) is 13.5. The smallest absolute Gasteiger partial charge is 0.318 e. The van der Waals surface area contributed by atoms with Crippen molar-refractivity contribution >= 4 is 35.6 Å². The normalized spacial score (nSPS) is 13.0. The lowest BCUT2D eigenvalue weighted by Crippen LogP contribution is -2.32. The Morgan fingerprint density at radius 2 is 1.76 bits per heavy atom. The first kappa shape index (κ1) is 40.4. The topological polar surface area (TPSA) is 107 Å². The molecule has 9 heteroatoms. The molecule has 0 bridgehead atoms. The summed E-state index contributed by atoms with van der Waals surface area (Å²) in [6.07, 6.45) is 10.8. The first-order valence-electron chi connectivity index (χ1n) is 16.5. The largest absolute Gasteiger partial charge is 0.456 e. The molecule has 1 aromatic carbocycles. The molecule has 1 heterocycles. The van der Waals surface area contributed by atoms with E-state index in [1.807, 2.05) is 0 Å². The fourth-order valence-electron chi connectivity index (χ4n) is 4.74. The van der Waals surface area contributed by atoms with Crippen molar-refractivity contribution in [2.24, 2.45) is 4.99 Å². The maximum atomic E-state index is 11.1. The molecule has 254 valence electrons. The van der Waals surface area contributed by atoms with E-state index in [4.69, 9.17) is 9.31 Å². The van der Waals surface area contributed by atoms with E-state index in [2.05, 4.69) is 118 Å². The minimum atomic E-state index is -2.90. The average Bonchev–Trinajstić information content (AvgIpc) is 3.01. The Morgan fingerprint density at radius 3 is 2.35 bits per heavy atom. The lowest BCUT2D eigenvalue weighted by molar-refractivity contribution is 0.244. The van der Waals surface area contributed by atoms with Crippen molar-refractivity contribution in [2.75, 3.05) is 43.9 Å². The summed E-state index contributed by atoms with van der Waals surface area (Å²) in [6.45, 7) is 23.1. The lowest BCUT2D eigenvalue weighted by Gasteiger charge is -2.22. The molecule has 0 saturated heterocycles. The number of carbonyl (C=O) groups is 1. The molecule has 1 unspecified atom stereocenters. The van der Waals surface area contributed by atoms with Gasteiger partial charge in [-0.2, -0.15) is 0 Å². The van der Waals surface area contributed by atoms with Crippen LogP contribution in [0.4, 0.5) is 10.5 Å². The van der Waals surface area contributed by atoms with Gasteiger partial charge < -0.3 is 24.8 Å². The van der Waals surface area contributed by atoms with Gasteiger partial charge >= 0.3 is 6.03 Å². The number of rotatable bonds is 13. The Morgan fingerprint density at radius 1 is 1.07 bits per heavy atom. The number of carbonyl (C=O) groups excluding carboxylic acids is 1. The first-order chi connectivity index (χ1) is 22.0. The molecule has 1 aromatic rings. The Balaban J connectivity index is 0.000000477. The number of amides is 2. The molecule has 2 aliphatic rings. The highest BCUT2D eigenvalue weighted by Gasteiger charge is 2.17. The van der Waals surface area contributed by atoms with Crippen LogP contribution in [-0.2, 0) is 4.57 Å². The van der Waals surface area contributed by atoms with Gasteiger partial charge in [0.25, 0.3) is 0 Å². The van der Waals surface area contributed by atoms with Crippen molar-refractivity contribution in [1.82, 2.24) is 10.6 Å². The van der Waals surface area contributed by atoms with Crippen molar-refractivity contribution in [2.45, 2.75) is 74.1 Å². The van der Waals surface area contributed by atoms with Gasteiger partial charge in [-0.25, -0.2) is 4.79 Å². The molecule has 1 atom stereocenters. The number of anilines is 1. The van der Waals surface area contributed by atoms with Crippen LogP contribution in [-0.4, -0.2) is 49.9 Å². The van der Waals surface area contributed by atoms with Gasteiger partial charge in [0, 0.05) is 74.0 Å². The van der Waals surface area contributed by atoms with E-state index >= 15 is 0 Å². The van der Waals surface area contributed by atoms with Gasteiger partial charge in [0.2, 0.25) is 0 Å². The minimum absolute atomic E-state index is 0.290. The number of nitrogens with zero attached hydrogens (tertiary/aromatic N) is 2. The number of unbranched alkanes of at least 4 members (excludes halogenated alkanes) is 1. The van der Waals surface area contributed by atoms with E-state index in [1.54, 1.807) is 12.2 Å². The van der Waals surface area contributed by atoms with Crippen LogP contribution in [0.2, 0.25) is 0 Å². The second kappa shape index (κ2) is 22.0. The van der Waals surface area contributed by atoms with E-state index in [0.29, 0.717) is 25.5 Å². The SMILES string of the molecule is C=C/C=C/NC(=O)NCCCCP(C)(=O)O.CCC.CCC=C(C)c1c2ccc(=NCC)cc-2oc2cc(N(CC)CC)ccc12. The second-order valence-electron chi connectivity index (χ2n) is 11.0. The van der Waals surface area contributed by atoms with E-state index < -0.39 is 7.37 Å². The van der Waals surface area contributed by atoms with Crippen LogP contribution in [0, 0.1) is 0 Å². The van der Waals surface area contributed by atoms with Crippen molar-refractivity contribution in [3.05, 3.63) is 78.3 Å². The van der Waals surface area contributed by atoms with Crippen LogP contribution in [0.15, 0.2) is 76.8 Å². The third-order valence-electron chi connectivity index (χ3n) is 6.79. The zero-order valence-corrected chi connectivity index (χ0v) is 30.3. The van der Waals surface area contributed by atoms with E-state index in [0.717, 1.165) is 48.3 Å². The highest BCUT2D eigenvalue weighted by molar-refractivity contribution is 7.57. The molecule has 0 aromatic heterocycles. The summed E-state index contributed by atoms with van der Waals surface area (Å²) in [7, 11) is -2.90.